The van der Waals surface area contributed by atoms with E-state index in [1.54, 1.807) is 22.7 Å². The topological polar surface area (TPSA) is 91.5 Å². The fourth-order valence-corrected chi connectivity index (χ4v) is 2.66. The molecule has 1 amide bonds. The Labute approximate surface area is 115 Å². The summed E-state index contributed by atoms with van der Waals surface area (Å²) in [7, 11) is 1.81. The summed E-state index contributed by atoms with van der Waals surface area (Å²) in [5.41, 5.74) is -1.10. The molecule has 0 saturated carbocycles. The molecule has 8 heteroatoms. The largest absolute Gasteiger partial charge is 0.388 e. The lowest BCUT2D eigenvalue weighted by molar-refractivity contribution is -0.143. The van der Waals surface area contributed by atoms with E-state index >= 15 is 0 Å². The molecule has 0 bridgehead atoms. The minimum atomic E-state index is -1.10. The number of amides is 1. The van der Waals surface area contributed by atoms with Gasteiger partial charge in [0, 0.05) is 20.1 Å². The van der Waals surface area contributed by atoms with Gasteiger partial charge in [-0.1, -0.05) is 11.8 Å². The highest BCUT2D eigenvalue weighted by atomic mass is 32.2. The third-order valence-electron chi connectivity index (χ3n) is 3.35. The SMILES string of the molecule is Cn1cnnc1SCC(=O)N1CCC(C)(O)C(O)C1. The molecular formula is C11H18N4O3S. The number of aliphatic hydroxyl groups excluding tert-OH is 1. The van der Waals surface area contributed by atoms with Gasteiger partial charge in [0.25, 0.3) is 0 Å². The summed E-state index contributed by atoms with van der Waals surface area (Å²) in [5.74, 6) is 0.184. The van der Waals surface area contributed by atoms with Crippen molar-refractivity contribution in [2.45, 2.75) is 30.2 Å². The van der Waals surface area contributed by atoms with Crippen molar-refractivity contribution in [2.24, 2.45) is 7.05 Å². The lowest BCUT2D eigenvalue weighted by Crippen LogP contribution is -2.55. The van der Waals surface area contributed by atoms with E-state index < -0.39 is 11.7 Å². The molecule has 2 rings (SSSR count). The second-order valence-corrected chi connectivity index (χ2v) is 5.92. The maximum atomic E-state index is 12.0. The minimum absolute atomic E-state index is 0.0671. The Morgan fingerprint density at radius 3 is 3.00 bits per heavy atom. The van der Waals surface area contributed by atoms with Crippen LogP contribution in [0.3, 0.4) is 0 Å². The molecule has 1 aliphatic heterocycles. The summed E-state index contributed by atoms with van der Waals surface area (Å²) in [6.45, 7) is 2.22. The molecule has 2 unspecified atom stereocenters. The fraction of sp³-hybridized carbons (Fsp3) is 0.727. The van der Waals surface area contributed by atoms with Crippen LogP contribution in [-0.4, -0.2) is 66.3 Å². The molecule has 19 heavy (non-hydrogen) atoms. The van der Waals surface area contributed by atoms with Crippen LogP contribution < -0.4 is 0 Å². The summed E-state index contributed by atoms with van der Waals surface area (Å²) in [4.78, 5) is 13.6. The van der Waals surface area contributed by atoms with E-state index in [4.69, 9.17) is 0 Å². The summed E-state index contributed by atoms with van der Waals surface area (Å²) < 4.78 is 1.74. The number of hydrogen-bond acceptors (Lipinski definition) is 6. The number of thioether (sulfide) groups is 1. The van der Waals surface area contributed by atoms with Gasteiger partial charge in [0.2, 0.25) is 5.91 Å². The van der Waals surface area contributed by atoms with Crippen LogP contribution in [0, 0.1) is 0 Å². The maximum Gasteiger partial charge on any atom is 0.233 e. The summed E-state index contributed by atoms with van der Waals surface area (Å²) in [6, 6.07) is 0. The van der Waals surface area contributed by atoms with Crippen LogP contribution in [0.25, 0.3) is 0 Å². The highest BCUT2D eigenvalue weighted by molar-refractivity contribution is 7.99. The smallest absolute Gasteiger partial charge is 0.233 e. The predicted octanol–water partition coefficient (Wildman–Crippen LogP) is -0.749. The number of hydrogen-bond donors (Lipinski definition) is 2. The first-order valence-electron chi connectivity index (χ1n) is 6.05. The first-order chi connectivity index (χ1) is 8.90. The van der Waals surface area contributed by atoms with Crippen LogP contribution >= 0.6 is 11.8 Å². The predicted molar refractivity (Wildman–Crippen MR) is 69.6 cm³/mol. The van der Waals surface area contributed by atoms with Crippen molar-refractivity contribution in [3.8, 4) is 0 Å². The van der Waals surface area contributed by atoms with Gasteiger partial charge in [-0.15, -0.1) is 10.2 Å². The number of likely N-dealkylation sites (tertiary alicyclic amines) is 1. The zero-order valence-electron chi connectivity index (χ0n) is 11.0. The molecule has 2 N–H and O–H groups in total. The minimum Gasteiger partial charge on any atom is -0.388 e. The van der Waals surface area contributed by atoms with Crippen molar-refractivity contribution in [3.63, 3.8) is 0 Å². The highest BCUT2D eigenvalue weighted by Crippen LogP contribution is 2.23. The standard InChI is InChI=1S/C11H18N4O3S/c1-11(18)3-4-15(5-8(11)16)9(17)6-19-10-13-12-7-14(10)2/h7-8,16,18H,3-6H2,1-2H3. The average molecular weight is 286 g/mol. The molecule has 0 radical (unpaired) electrons. The number of aromatic nitrogens is 3. The van der Waals surface area contributed by atoms with Crippen molar-refractivity contribution >= 4 is 17.7 Å². The molecule has 2 atom stereocenters. The quantitative estimate of drug-likeness (QED) is 0.711. The van der Waals surface area contributed by atoms with Crippen LogP contribution in [0.1, 0.15) is 13.3 Å². The zero-order chi connectivity index (χ0) is 14.0. The first-order valence-corrected chi connectivity index (χ1v) is 7.04. The van der Waals surface area contributed by atoms with Crippen LogP contribution in [0.2, 0.25) is 0 Å². The Balaban J connectivity index is 1.86. The fourth-order valence-electron chi connectivity index (χ4n) is 1.87. The monoisotopic (exact) mass is 286 g/mol. The van der Waals surface area contributed by atoms with Gasteiger partial charge in [0.1, 0.15) is 6.33 Å². The van der Waals surface area contributed by atoms with Gasteiger partial charge in [0.15, 0.2) is 5.16 Å². The Bertz CT molecular complexity index is 463. The lowest BCUT2D eigenvalue weighted by Gasteiger charge is -2.39. The Morgan fingerprint density at radius 2 is 2.42 bits per heavy atom. The van der Waals surface area contributed by atoms with Crippen LogP contribution in [0.4, 0.5) is 0 Å². The van der Waals surface area contributed by atoms with Crippen molar-refractivity contribution in [2.75, 3.05) is 18.8 Å². The van der Waals surface area contributed by atoms with Gasteiger partial charge in [-0.3, -0.25) is 4.79 Å². The van der Waals surface area contributed by atoms with Gasteiger partial charge in [0.05, 0.1) is 17.5 Å². The Kier molecular flexibility index (Phi) is 4.12. The van der Waals surface area contributed by atoms with Crippen LogP contribution in [-0.2, 0) is 11.8 Å². The van der Waals surface area contributed by atoms with Gasteiger partial charge >= 0.3 is 0 Å². The summed E-state index contributed by atoms with van der Waals surface area (Å²) >= 11 is 1.31. The second kappa shape index (κ2) is 5.48. The molecule has 0 aromatic carbocycles. The number of carbonyl (C=O) groups excluding carboxylic acids is 1. The highest BCUT2D eigenvalue weighted by Gasteiger charge is 2.37. The Morgan fingerprint density at radius 1 is 1.68 bits per heavy atom. The van der Waals surface area contributed by atoms with Crippen molar-refractivity contribution in [3.05, 3.63) is 6.33 Å². The molecule has 106 valence electrons. The molecule has 1 saturated heterocycles. The van der Waals surface area contributed by atoms with Gasteiger partial charge in [-0.25, -0.2) is 0 Å². The third kappa shape index (κ3) is 3.26. The molecule has 1 aliphatic rings. The molecular weight excluding hydrogens is 268 g/mol. The molecule has 0 aliphatic carbocycles. The van der Waals surface area contributed by atoms with Crippen molar-refractivity contribution < 1.29 is 15.0 Å². The molecule has 7 nitrogen and oxygen atoms in total. The number of aryl methyl sites for hydroxylation is 1. The first kappa shape index (κ1) is 14.3. The van der Waals surface area contributed by atoms with Crippen LogP contribution in [0.15, 0.2) is 11.5 Å². The number of rotatable bonds is 3. The van der Waals surface area contributed by atoms with E-state index in [9.17, 15) is 15.0 Å². The molecule has 0 spiro atoms. The van der Waals surface area contributed by atoms with E-state index in [-0.39, 0.29) is 18.2 Å². The van der Waals surface area contributed by atoms with E-state index in [0.29, 0.717) is 18.1 Å². The molecule has 2 heterocycles. The zero-order valence-corrected chi connectivity index (χ0v) is 11.8. The van der Waals surface area contributed by atoms with Gasteiger partial charge in [-0.05, 0) is 13.3 Å². The van der Waals surface area contributed by atoms with Crippen molar-refractivity contribution in [1.29, 1.82) is 0 Å². The number of piperidine rings is 1. The molecule has 1 aromatic rings. The number of carbonyl (C=O) groups is 1. The van der Waals surface area contributed by atoms with Crippen LogP contribution in [0.5, 0.6) is 0 Å². The normalized spacial score (nSPS) is 27.6. The Hall–Kier alpha value is -1.12. The summed E-state index contributed by atoms with van der Waals surface area (Å²) in [6.07, 6.45) is 1.06. The van der Waals surface area contributed by atoms with Gasteiger partial charge < -0.3 is 19.7 Å². The van der Waals surface area contributed by atoms with Gasteiger partial charge in [-0.2, -0.15) is 0 Å². The molecule has 1 aromatic heterocycles. The number of nitrogens with zero attached hydrogens (tertiary/aromatic N) is 4. The summed E-state index contributed by atoms with van der Waals surface area (Å²) in [5, 5.41) is 27.9. The second-order valence-electron chi connectivity index (χ2n) is 4.98. The van der Waals surface area contributed by atoms with E-state index in [1.165, 1.54) is 11.8 Å². The van der Waals surface area contributed by atoms with E-state index in [0.717, 1.165) is 0 Å². The number of aliphatic hydroxyl groups is 2. The van der Waals surface area contributed by atoms with E-state index in [2.05, 4.69) is 10.2 Å². The average Bonchev–Trinajstić information content (AvgIpc) is 2.75. The lowest BCUT2D eigenvalue weighted by atomic mass is 9.91. The van der Waals surface area contributed by atoms with E-state index in [1.807, 2.05) is 7.05 Å². The van der Waals surface area contributed by atoms with Crippen molar-refractivity contribution in [1.82, 2.24) is 19.7 Å². The number of β-amino-alcohol motifs (C(OH)–C–C–N with tert-alkyl or cyclic N) is 1. The maximum absolute atomic E-state index is 12.0. The third-order valence-corrected chi connectivity index (χ3v) is 4.37. The molecule has 1 fully saturated rings.